The van der Waals surface area contributed by atoms with Crippen molar-refractivity contribution >= 4 is 12.0 Å². The predicted octanol–water partition coefficient (Wildman–Crippen LogP) is 4.93. The normalized spacial score (nSPS) is 18.3. The molecule has 0 aliphatic carbocycles. The van der Waals surface area contributed by atoms with E-state index in [0.29, 0.717) is 21.1 Å². The summed E-state index contributed by atoms with van der Waals surface area (Å²) in [7, 11) is 1.38. The number of carbonyl (C=O) groups is 2. The fourth-order valence-corrected chi connectivity index (χ4v) is 3.81. The number of ether oxygens (including phenoxy) is 2. The van der Waals surface area contributed by atoms with Gasteiger partial charge in [0.15, 0.2) is 0 Å². The number of halogens is 6. The molecular weight excluding hydrogens is 482 g/mol. The van der Waals surface area contributed by atoms with Gasteiger partial charge in [-0.05, 0) is 29.7 Å². The van der Waals surface area contributed by atoms with Crippen molar-refractivity contribution in [1.82, 2.24) is 9.80 Å². The summed E-state index contributed by atoms with van der Waals surface area (Å²) in [5.41, 5.74) is 0.769. The Kier molecular flexibility index (Phi) is 7.81. The lowest BCUT2D eigenvalue weighted by molar-refractivity contribution is -0.189. The molecule has 0 bridgehead atoms. The van der Waals surface area contributed by atoms with Gasteiger partial charge in [0, 0.05) is 13.1 Å². The number of rotatable bonds is 6. The Labute approximate surface area is 197 Å². The maximum Gasteiger partial charge on any atom is 0.471 e. The summed E-state index contributed by atoms with van der Waals surface area (Å²) in [5.74, 6) is -1.88. The maximum atomic E-state index is 13.7. The van der Waals surface area contributed by atoms with Gasteiger partial charge in [0.05, 0.1) is 13.2 Å². The van der Waals surface area contributed by atoms with Crippen LogP contribution >= 0.6 is 0 Å². The van der Waals surface area contributed by atoms with Gasteiger partial charge in [0.2, 0.25) is 0 Å². The maximum absolute atomic E-state index is 13.7. The van der Waals surface area contributed by atoms with Gasteiger partial charge in [-0.15, -0.1) is 0 Å². The van der Waals surface area contributed by atoms with Crippen molar-refractivity contribution in [3.8, 4) is 5.75 Å². The van der Waals surface area contributed by atoms with Crippen LogP contribution in [-0.2, 0) is 22.7 Å². The molecule has 2 unspecified atom stereocenters. The van der Waals surface area contributed by atoms with E-state index in [1.54, 1.807) is 30.3 Å². The van der Waals surface area contributed by atoms with Crippen molar-refractivity contribution < 1.29 is 45.4 Å². The Morgan fingerprint density at radius 2 is 1.60 bits per heavy atom. The summed E-state index contributed by atoms with van der Waals surface area (Å²) in [6, 6.07) is 9.94. The minimum absolute atomic E-state index is 0.247. The number of carbonyl (C=O) groups excluding carboxylic acids is 2. The van der Waals surface area contributed by atoms with Crippen LogP contribution in [0.5, 0.6) is 5.75 Å². The van der Waals surface area contributed by atoms with E-state index in [1.807, 2.05) is 0 Å². The number of methoxy groups -OCH3 is 1. The number of amides is 2. The zero-order valence-corrected chi connectivity index (χ0v) is 18.5. The molecule has 1 fully saturated rings. The summed E-state index contributed by atoms with van der Waals surface area (Å²) in [5, 5.41) is 0. The van der Waals surface area contributed by atoms with E-state index in [2.05, 4.69) is 0 Å². The molecular formula is C23H22F6N2O4. The minimum Gasteiger partial charge on any atom is -0.497 e. The van der Waals surface area contributed by atoms with Crippen LogP contribution in [0.25, 0.3) is 0 Å². The van der Waals surface area contributed by atoms with E-state index in [0.717, 1.165) is 0 Å². The van der Waals surface area contributed by atoms with E-state index in [-0.39, 0.29) is 12.2 Å². The largest absolute Gasteiger partial charge is 0.497 e. The molecule has 2 amide bonds. The lowest BCUT2D eigenvalue weighted by Gasteiger charge is -2.29. The fraction of sp³-hybridized carbons (Fsp3) is 0.391. The van der Waals surface area contributed by atoms with Crippen LogP contribution in [0.15, 0.2) is 54.6 Å². The number of alkyl halides is 6. The molecule has 1 saturated heterocycles. The van der Waals surface area contributed by atoms with Crippen LogP contribution in [0.3, 0.4) is 0 Å². The number of likely N-dealkylation sites (tertiary alicyclic amines) is 1. The van der Waals surface area contributed by atoms with Crippen molar-refractivity contribution in [2.24, 2.45) is 0 Å². The topological polar surface area (TPSA) is 59.1 Å². The van der Waals surface area contributed by atoms with Gasteiger partial charge >= 0.3 is 24.4 Å². The lowest BCUT2D eigenvalue weighted by atomic mass is 10.1. The molecule has 0 spiro atoms. The number of hydrogen-bond acceptors (Lipinski definition) is 4. The molecule has 3 rings (SSSR count). The molecule has 2 aromatic carbocycles. The fourth-order valence-electron chi connectivity index (χ4n) is 3.81. The first-order chi connectivity index (χ1) is 16.4. The third-order valence-electron chi connectivity index (χ3n) is 5.55. The van der Waals surface area contributed by atoms with Gasteiger partial charge < -0.3 is 14.4 Å². The Morgan fingerprint density at radius 3 is 2.14 bits per heavy atom. The summed E-state index contributed by atoms with van der Waals surface area (Å²) >= 11 is 0. The highest BCUT2D eigenvalue weighted by molar-refractivity contribution is 5.82. The Balaban J connectivity index is 1.83. The van der Waals surface area contributed by atoms with Crippen LogP contribution in [0.4, 0.5) is 31.1 Å². The molecule has 0 aromatic heterocycles. The van der Waals surface area contributed by atoms with E-state index in [9.17, 15) is 35.9 Å². The van der Waals surface area contributed by atoms with Gasteiger partial charge in [-0.1, -0.05) is 42.5 Å². The third-order valence-corrected chi connectivity index (χ3v) is 5.55. The quantitative estimate of drug-likeness (QED) is 0.524. The molecule has 190 valence electrons. The zero-order chi connectivity index (χ0) is 25.8. The zero-order valence-electron chi connectivity index (χ0n) is 18.5. The highest BCUT2D eigenvalue weighted by Crippen LogP contribution is 2.37. The van der Waals surface area contributed by atoms with Crippen molar-refractivity contribution in [2.45, 2.75) is 44.0 Å². The predicted molar refractivity (Wildman–Crippen MR) is 111 cm³/mol. The summed E-state index contributed by atoms with van der Waals surface area (Å²) in [6.45, 7) is -1.69. The molecule has 2 atom stereocenters. The average molecular weight is 504 g/mol. The minimum atomic E-state index is -5.32. The average Bonchev–Trinajstić information content (AvgIpc) is 3.27. The molecule has 2 aromatic rings. The first-order valence-electron chi connectivity index (χ1n) is 10.4. The van der Waals surface area contributed by atoms with Crippen molar-refractivity contribution in [2.75, 3.05) is 13.7 Å². The highest BCUT2D eigenvalue weighted by atomic mass is 19.4. The van der Waals surface area contributed by atoms with Crippen molar-refractivity contribution in [3.05, 3.63) is 65.7 Å². The second-order valence-corrected chi connectivity index (χ2v) is 7.92. The summed E-state index contributed by atoms with van der Waals surface area (Å²) in [6.07, 6.45) is -12.5. The van der Waals surface area contributed by atoms with E-state index in [1.165, 1.54) is 31.4 Å². The summed E-state index contributed by atoms with van der Waals surface area (Å²) < 4.78 is 91.1. The number of hydrogen-bond donors (Lipinski definition) is 0. The Hall–Kier alpha value is -3.44. The molecule has 0 radical (unpaired) electrons. The van der Waals surface area contributed by atoms with E-state index >= 15 is 0 Å². The first-order valence-corrected chi connectivity index (χ1v) is 10.4. The monoisotopic (exact) mass is 504 g/mol. The molecule has 12 heteroatoms. The molecule has 1 aliphatic rings. The lowest BCUT2D eigenvalue weighted by Crippen LogP contribution is -2.48. The third kappa shape index (κ3) is 6.58. The first kappa shape index (κ1) is 26.2. The smallest absolute Gasteiger partial charge is 0.471 e. The molecule has 0 saturated carbocycles. The second-order valence-electron chi connectivity index (χ2n) is 7.92. The van der Waals surface area contributed by atoms with Crippen molar-refractivity contribution in [3.63, 3.8) is 0 Å². The number of benzene rings is 2. The second kappa shape index (κ2) is 10.4. The summed E-state index contributed by atoms with van der Waals surface area (Å²) in [4.78, 5) is 25.3. The molecule has 35 heavy (non-hydrogen) atoms. The van der Waals surface area contributed by atoms with Gasteiger partial charge in [-0.3, -0.25) is 9.69 Å². The van der Waals surface area contributed by atoms with Crippen LogP contribution in [0, 0.1) is 0 Å². The SMILES string of the molecule is COc1ccc(CN(C(=O)C(F)(F)F)C2CC(C(F)(F)F)N(C(=O)OCc3ccccc3)C2)cc1. The molecule has 1 aliphatic heterocycles. The van der Waals surface area contributed by atoms with E-state index < -0.39 is 55.9 Å². The van der Waals surface area contributed by atoms with Gasteiger partial charge in [-0.2, -0.15) is 26.3 Å². The number of nitrogens with zero attached hydrogens (tertiary/aromatic N) is 2. The molecule has 6 nitrogen and oxygen atoms in total. The van der Waals surface area contributed by atoms with Crippen LogP contribution in [0.1, 0.15) is 17.5 Å². The van der Waals surface area contributed by atoms with Crippen LogP contribution < -0.4 is 4.74 Å². The van der Waals surface area contributed by atoms with Gasteiger partial charge in [0.25, 0.3) is 0 Å². The Bertz CT molecular complexity index is 1010. The highest BCUT2D eigenvalue weighted by Gasteiger charge is 2.55. The van der Waals surface area contributed by atoms with Gasteiger partial charge in [-0.25, -0.2) is 4.79 Å². The van der Waals surface area contributed by atoms with Gasteiger partial charge in [0.1, 0.15) is 18.4 Å². The molecule has 1 heterocycles. The molecule has 0 N–H and O–H groups in total. The van der Waals surface area contributed by atoms with Crippen LogP contribution in [0.2, 0.25) is 0 Å². The Morgan fingerprint density at radius 1 is 0.971 bits per heavy atom. The standard InChI is InChI=1S/C23H22F6N2O4/c1-34-18-9-7-15(8-10-18)12-30(20(32)23(27,28)29)17-11-19(22(24,25)26)31(13-17)21(33)35-14-16-5-3-2-4-6-16/h2-10,17,19H,11-14H2,1H3. The van der Waals surface area contributed by atoms with Crippen molar-refractivity contribution in [1.29, 1.82) is 0 Å². The van der Waals surface area contributed by atoms with Crippen LogP contribution in [-0.4, -0.2) is 59.9 Å². The van der Waals surface area contributed by atoms with E-state index in [4.69, 9.17) is 9.47 Å².